The van der Waals surface area contributed by atoms with Gasteiger partial charge in [-0.05, 0) is 26.5 Å². The van der Waals surface area contributed by atoms with E-state index in [9.17, 15) is 9.59 Å². The molecule has 1 aliphatic rings. The summed E-state index contributed by atoms with van der Waals surface area (Å²) in [6, 6.07) is 0. The summed E-state index contributed by atoms with van der Waals surface area (Å²) >= 11 is 4.65. The number of thioether (sulfide) groups is 2. The zero-order chi connectivity index (χ0) is 19.2. The molecule has 0 bridgehead atoms. The average Bonchev–Trinajstić information content (AvgIpc) is 2.99. The predicted molar refractivity (Wildman–Crippen MR) is 108 cm³/mol. The van der Waals surface area contributed by atoms with Gasteiger partial charge in [-0.3, -0.25) is 14.5 Å². The van der Waals surface area contributed by atoms with Gasteiger partial charge in [0.15, 0.2) is 8.68 Å². The Morgan fingerprint density at radius 1 is 1.12 bits per heavy atom. The first-order chi connectivity index (χ1) is 12.3. The van der Waals surface area contributed by atoms with Crippen molar-refractivity contribution in [2.75, 3.05) is 44.2 Å². The van der Waals surface area contributed by atoms with Crippen LogP contribution in [0.2, 0.25) is 0 Å². The summed E-state index contributed by atoms with van der Waals surface area (Å²) in [5.41, 5.74) is -0.216. The molecule has 0 aliphatic carbocycles. The minimum absolute atomic E-state index is 0.0323. The largest absolute Gasteiger partial charge is 0.350 e. The molecule has 146 valence electrons. The van der Waals surface area contributed by atoms with Crippen molar-refractivity contribution in [1.82, 2.24) is 25.3 Å². The molecular formula is C16H27N5O2S3. The maximum atomic E-state index is 12.4. The van der Waals surface area contributed by atoms with Crippen molar-refractivity contribution in [2.24, 2.45) is 0 Å². The van der Waals surface area contributed by atoms with Crippen LogP contribution >= 0.6 is 34.9 Å². The van der Waals surface area contributed by atoms with Gasteiger partial charge in [-0.1, -0.05) is 41.8 Å². The fourth-order valence-electron chi connectivity index (χ4n) is 2.47. The van der Waals surface area contributed by atoms with Crippen LogP contribution in [0.1, 0.15) is 27.7 Å². The van der Waals surface area contributed by atoms with Crippen molar-refractivity contribution in [3.05, 3.63) is 0 Å². The summed E-state index contributed by atoms with van der Waals surface area (Å²) < 4.78 is 1.79. The van der Waals surface area contributed by atoms with E-state index in [-0.39, 0.29) is 17.4 Å². The highest BCUT2D eigenvalue weighted by Gasteiger charge is 2.24. The Labute approximate surface area is 167 Å². The van der Waals surface area contributed by atoms with E-state index in [0.29, 0.717) is 25.4 Å². The van der Waals surface area contributed by atoms with Crippen molar-refractivity contribution >= 4 is 46.7 Å². The zero-order valence-electron chi connectivity index (χ0n) is 15.8. The molecule has 1 aliphatic heterocycles. The normalized spacial score (nSPS) is 15.9. The summed E-state index contributed by atoms with van der Waals surface area (Å²) in [6.45, 7) is 11.2. The molecule has 7 nitrogen and oxygen atoms in total. The Balaban J connectivity index is 1.69. The molecule has 1 aromatic heterocycles. The smallest absolute Gasteiger partial charge is 0.234 e. The fraction of sp³-hybridized carbons (Fsp3) is 0.750. The minimum Gasteiger partial charge on any atom is -0.350 e. The molecule has 1 saturated heterocycles. The van der Waals surface area contributed by atoms with Gasteiger partial charge >= 0.3 is 0 Å². The molecule has 0 atom stereocenters. The van der Waals surface area contributed by atoms with Crippen LogP contribution in [-0.2, 0) is 9.59 Å². The van der Waals surface area contributed by atoms with Crippen LogP contribution < -0.4 is 5.32 Å². The summed E-state index contributed by atoms with van der Waals surface area (Å²) in [5.74, 6) is 1.50. The van der Waals surface area contributed by atoms with Gasteiger partial charge in [0.25, 0.3) is 0 Å². The van der Waals surface area contributed by atoms with Gasteiger partial charge in [-0.2, -0.15) is 0 Å². The maximum absolute atomic E-state index is 12.4. The lowest BCUT2D eigenvalue weighted by atomic mass is 10.1. The third kappa shape index (κ3) is 7.42. The van der Waals surface area contributed by atoms with Gasteiger partial charge < -0.3 is 10.2 Å². The van der Waals surface area contributed by atoms with E-state index in [0.717, 1.165) is 27.5 Å². The van der Waals surface area contributed by atoms with Gasteiger partial charge in [0.1, 0.15) is 0 Å². The summed E-state index contributed by atoms with van der Waals surface area (Å²) in [5, 5.41) is 11.2. The molecular weight excluding hydrogens is 390 g/mol. The Morgan fingerprint density at radius 2 is 1.73 bits per heavy atom. The monoisotopic (exact) mass is 417 g/mol. The van der Waals surface area contributed by atoms with E-state index in [1.165, 1.54) is 23.1 Å². The highest BCUT2D eigenvalue weighted by atomic mass is 32.2. The molecule has 0 aromatic carbocycles. The highest BCUT2D eigenvalue weighted by Crippen LogP contribution is 2.28. The van der Waals surface area contributed by atoms with Crippen LogP contribution in [0, 0.1) is 0 Å². The Hall–Kier alpha value is -0.840. The lowest BCUT2D eigenvalue weighted by Gasteiger charge is -2.34. The molecule has 2 rings (SSSR count). The quantitative estimate of drug-likeness (QED) is 0.678. The van der Waals surface area contributed by atoms with Crippen molar-refractivity contribution in [3.8, 4) is 0 Å². The van der Waals surface area contributed by atoms with E-state index < -0.39 is 0 Å². The number of hydrogen-bond donors (Lipinski definition) is 1. The first-order valence-electron chi connectivity index (χ1n) is 8.67. The van der Waals surface area contributed by atoms with Crippen LogP contribution in [0.25, 0.3) is 0 Å². The van der Waals surface area contributed by atoms with Gasteiger partial charge in [-0.25, -0.2) is 0 Å². The van der Waals surface area contributed by atoms with E-state index in [1.54, 1.807) is 11.8 Å². The fourth-order valence-corrected chi connectivity index (χ4v) is 5.29. The molecule has 10 heteroatoms. The van der Waals surface area contributed by atoms with Gasteiger partial charge in [0, 0.05) is 31.7 Å². The third-order valence-electron chi connectivity index (χ3n) is 3.58. The van der Waals surface area contributed by atoms with Crippen molar-refractivity contribution in [1.29, 1.82) is 0 Å². The summed E-state index contributed by atoms with van der Waals surface area (Å²) in [4.78, 5) is 28.3. The molecule has 0 spiro atoms. The third-order valence-corrected chi connectivity index (χ3v) is 6.64. The van der Waals surface area contributed by atoms with Gasteiger partial charge in [-0.15, -0.1) is 10.2 Å². The molecule has 1 N–H and O–H groups in total. The number of nitrogens with zero attached hydrogens (tertiary/aromatic N) is 4. The number of amides is 2. The first kappa shape index (κ1) is 21.5. The first-order valence-corrected chi connectivity index (χ1v) is 11.5. The Bertz CT molecular complexity index is 609. The number of carbonyl (C=O) groups is 2. The lowest BCUT2D eigenvalue weighted by molar-refractivity contribution is -0.130. The predicted octanol–water partition coefficient (Wildman–Crippen LogP) is 1.80. The highest BCUT2D eigenvalue weighted by molar-refractivity contribution is 8.03. The number of nitrogens with one attached hydrogen (secondary N) is 1. The number of piperazine rings is 1. The molecule has 0 radical (unpaired) electrons. The van der Waals surface area contributed by atoms with Crippen LogP contribution in [0.5, 0.6) is 0 Å². The number of carbonyl (C=O) groups excluding carboxylic acids is 2. The molecule has 0 saturated carbocycles. The van der Waals surface area contributed by atoms with Gasteiger partial charge in [0.2, 0.25) is 11.8 Å². The average molecular weight is 418 g/mol. The second-order valence-electron chi connectivity index (χ2n) is 7.01. The topological polar surface area (TPSA) is 78.4 Å². The molecule has 26 heavy (non-hydrogen) atoms. The van der Waals surface area contributed by atoms with Crippen LogP contribution in [0.4, 0.5) is 0 Å². The second kappa shape index (κ2) is 9.91. The lowest BCUT2D eigenvalue weighted by Crippen LogP contribution is -2.53. The maximum Gasteiger partial charge on any atom is 0.234 e. The second-order valence-corrected chi connectivity index (χ2v) is 10.7. The van der Waals surface area contributed by atoms with Gasteiger partial charge in [0.05, 0.1) is 12.3 Å². The van der Waals surface area contributed by atoms with Crippen molar-refractivity contribution in [3.63, 3.8) is 0 Å². The standard InChI is InChI=1S/C16H27N5O2S3/c1-5-24-14-18-19-15(26-14)25-11-13(23)21-8-6-20(7-9-21)10-12(22)17-16(2,3)4/h5-11H2,1-4H3,(H,17,22). The Morgan fingerprint density at radius 3 is 2.31 bits per heavy atom. The van der Waals surface area contributed by atoms with E-state index in [2.05, 4.69) is 27.3 Å². The van der Waals surface area contributed by atoms with Crippen molar-refractivity contribution in [2.45, 2.75) is 41.9 Å². The molecule has 1 aromatic rings. The summed E-state index contributed by atoms with van der Waals surface area (Å²) in [7, 11) is 0. The van der Waals surface area contributed by atoms with Crippen LogP contribution in [-0.4, -0.2) is 81.6 Å². The number of rotatable bonds is 7. The van der Waals surface area contributed by atoms with E-state index >= 15 is 0 Å². The number of hydrogen-bond acceptors (Lipinski definition) is 8. The Kier molecular flexibility index (Phi) is 8.18. The molecule has 2 amide bonds. The molecule has 2 heterocycles. The number of aromatic nitrogens is 2. The zero-order valence-corrected chi connectivity index (χ0v) is 18.2. The molecule has 0 unspecified atom stereocenters. The molecule has 1 fully saturated rings. The SMILES string of the molecule is CCSc1nnc(SCC(=O)N2CCN(CC(=O)NC(C)(C)C)CC2)s1. The van der Waals surface area contributed by atoms with E-state index in [1.807, 2.05) is 25.7 Å². The van der Waals surface area contributed by atoms with E-state index in [4.69, 9.17) is 0 Å². The summed E-state index contributed by atoms with van der Waals surface area (Å²) in [6.07, 6.45) is 0. The van der Waals surface area contributed by atoms with Crippen molar-refractivity contribution < 1.29 is 9.59 Å². The van der Waals surface area contributed by atoms with Crippen LogP contribution in [0.15, 0.2) is 8.68 Å². The van der Waals surface area contributed by atoms with Crippen LogP contribution in [0.3, 0.4) is 0 Å². The minimum atomic E-state index is -0.216.